The van der Waals surface area contributed by atoms with Crippen LogP contribution in [0.4, 0.5) is 0 Å². The third-order valence-electron chi connectivity index (χ3n) is 6.31. The fourth-order valence-corrected chi connectivity index (χ4v) is 4.14. The first-order chi connectivity index (χ1) is 16.6. The zero-order valence-electron chi connectivity index (χ0n) is 21.7. The number of carbonyl (C=O) groups is 2. The topological polar surface area (TPSA) is 84.9 Å². The summed E-state index contributed by atoms with van der Waals surface area (Å²) in [5.74, 6) is -0.615. The molecule has 2 atom stereocenters. The lowest BCUT2D eigenvalue weighted by Gasteiger charge is -2.14. The van der Waals surface area contributed by atoms with Gasteiger partial charge in [0.15, 0.2) is 0 Å². The van der Waals surface area contributed by atoms with E-state index < -0.39 is 18.1 Å². The molecule has 1 aliphatic heterocycles. The number of aliphatic hydroxyl groups is 1. The van der Waals surface area contributed by atoms with Crippen LogP contribution < -0.4 is 5.32 Å². The number of aliphatic hydroxyl groups excluding tert-OH is 1. The Hall–Kier alpha value is -1.40. The SMILES string of the molecule is CCCCCCCCCCC=CCCCCCCCCOCC(O)COC(=O)C1CCC(=O)N1. The molecule has 198 valence electrons. The number of esters is 1. The summed E-state index contributed by atoms with van der Waals surface area (Å²) < 4.78 is 10.5. The van der Waals surface area contributed by atoms with E-state index in [1.807, 2.05) is 0 Å². The van der Waals surface area contributed by atoms with Crippen LogP contribution >= 0.6 is 0 Å². The maximum Gasteiger partial charge on any atom is 0.328 e. The molecule has 0 spiro atoms. The lowest BCUT2D eigenvalue weighted by Crippen LogP contribution is -2.36. The lowest BCUT2D eigenvalue weighted by atomic mass is 10.1. The van der Waals surface area contributed by atoms with Crippen LogP contribution in [0, 0.1) is 0 Å². The highest BCUT2D eigenvalue weighted by molar-refractivity contribution is 5.88. The van der Waals surface area contributed by atoms with Crippen LogP contribution in [0.1, 0.15) is 122 Å². The first-order valence-electron chi connectivity index (χ1n) is 14.0. The smallest absolute Gasteiger partial charge is 0.328 e. The van der Waals surface area contributed by atoms with E-state index in [1.54, 1.807) is 0 Å². The van der Waals surface area contributed by atoms with Crippen LogP contribution in [0.5, 0.6) is 0 Å². The maximum atomic E-state index is 11.8. The first-order valence-corrected chi connectivity index (χ1v) is 14.0. The highest BCUT2D eigenvalue weighted by Gasteiger charge is 2.28. The maximum absolute atomic E-state index is 11.8. The third-order valence-corrected chi connectivity index (χ3v) is 6.31. The van der Waals surface area contributed by atoms with E-state index in [2.05, 4.69) is 24.4 Å². The molecule has 1 amide bonds. The van der Waals surface area contributed by atoms with Crippen molar-refractivity contribution < 1.29 is 24.2 Å². The Labute approximate surface area is 208 Å². The number of ether oxygens (including phenoxy) is 2. The molecule has 1 fully saturated rings. The summed E-state index contributed by atoms with van der Waals surface area (Å²) in [5.41, 5.74) is 0. The summed E-state index contributed by atoms with van der Waals surface area (Å²) in [6, 6.07) is -0.573. The van der Waals surface area contributed by atoms with Gasteiger partial charge in [0.25, 0.3) is 0 Å². The van der Waals surface area contributed by atoms with Gasteiger partial charge in [-0.3, -0.25) is 4.79 Å². The Bertz CT molecular complexity index is 537. The van der Waals surface area contributed by atoms with Gasteiger partial charge in [-0.1, -0.05) is 89.7 Å². The predicted molar refractivity (Wildman–Crippen MR) is 138 cm³/mol. The molecule has 2 N–H and O–H groups in total. The summed E-state index contributed by atoms with van der Waals surface area (Å²) in [6.45, 7) is 2.95. The van der Waals surface area contributed by atoms with Crippen molar-refractivity contribution in [2.24, 2.45) is 0 Å². The van der Waals surface area contributed by atoms with E-state index in [-0.39, 0.29) is 19.1 Å². The molecule has 2 unspecified atom stereocenters. The van der Waals surface area contributed by atoms with Crippen LogP contribution in [0.15, 0.2) is 12.2 Å². The van der Waals surface area contributed by atoms with Gasteiger partial charge in [0.2, 0.25) is 5.91 Å². The second kappa shape index (κ2) is 22.1. The zero-order valence-corrected chi connectivity index (χ0v) is 21.7. The molecule has 1 rings (SSSR count). The molecule has 0 aliphatic carbocycles. The minimum absolute atomic E-state index is 0.0984. The largest absolute Gasteiger partial charge is 0.461 e. The lowest BCUT2D eigenvalue weighted by molar-refractivity contribution is -0.150. The Morgan fingerprint density at radius 2 is 1.47 bits per heavy atom. The Morgan fingerprint density at radius 3 is 2.03 bits per heavy atom. The van der Waals surface area contributed by atoms with Gasteiger partial charge < -0.3 is 19.9 Å². The summed E-state index contributed by atoms with van der Waals surface area (Å²) in [4.78, 5) is 22.9. The summed E-state index contributed by atoms with van der Waals surface area (Å²) in [6.07, 6.45) is 25.4. The van der Waals surface area contributed by atoms with Gasteiger partial charge in [-0.15, -0.1) is 0 Å². The molecule has 1 aliphatic rings. The molecule has 0 aromatic heterocycles. The van der Waals surface area contributed by atoms with Gasteiger partial charge in [0.1, 0.15) is 18.8 Å². The van der Waals surface area contributed by atoms with E-state index >= 15 is 0 Å². The van der Waals surface area contributed by atoms with Gasteiger partial charge in [0.05, 0.1) is 6.61 Å². The molecular formula is C28H51NO5. The van der Waals surface area contributed by atoms with Gasteiger partial charge in [-0.05, 0) is 38.5 Å². The minimum Gasteiger partial charge on any atom is -0.461 e. The van der Waals surface area contributed by atoms with Crippen molar-refractivity contribution in [2.45, 2.75) is 135 Å². The summed E-state index contributed by atoms with van der Waals surface area (Å²) in [7, 11) is 0. The highest BCUT2D eigenvalue weighted by Crippen LogP contribution is 2.11. The van der Waals surface area contributed by atoms with Gasteiger partial charge in [-0.2, -0.15) is 0 Å². The number of hydrogen-bond donors (Lipinski definition) is 2. The van der Waals surface area contributed by atoms with Gasteiger partial charge in [-0.25, -0.2) is 4.79 Å². The van der Waals surface area contributed by atoms with Crippen molar-refractivity contribution in [1.29, 1.82) is 0 Å². The summed E-state index contributed by atoms with van der Waals surface area (Å²) in [5, 5.41) is 12.4. The predicted octanol–water partition coefficient (Wildman–Crippen LogP) is 6.00. The molecule has 1 heterocycles. The van der Waals surface area contributed by atoms with Crippen molar-refractivity contribution in [3.63, 3.8) is 0 Å². The van der Waals surface area contributed by atoms with E-state index in [1.165, 1.54) is 89.9 Å². The second-order valence-corrected chi connectivity index (χ2v) is 9.66. The Morgan fingerprint density at radius 1 is 0.912 bits per heavy atom. The van der Waals surface area contributed by atoms with Crippen molar-refractivity contribution in [3.05, 3.63) is 12.2 Å². The van der Waals surface area contributed by atoms with Gasteiger partial charge >= 0.3 is 5.97 Å². The molecule has 6 nitrogen and oxygen atoms in total. The fourth-order valence-electron chi connectivity index (χ4n) is 4.14. The molecule has 6 heteroatoms. The van der Waals surface area contributed by atoms with Crippen LogP contribution in [0.2, 0.25) is 0 Å². The van der Waals surface area contributed by atoms with Gasteiger partial charge in [0, 0.05) is 13.0 Å². The van der Waals surface area contributed by atoms with E-state index in [0.29, 0.717) is 19.4 Å². The molecule has 0 aromatic rings. The quantitative estimate of drug-likeness (QED) is 0.106. The molecule has 0 bridgehead atoms. The van der Waals surface area contributed by atoms with Crippen molar-refractivity contribution in [3.8, 4) is 0 Å². The Kier molecular flexibility index (Phi) is 19.9. The van der Waals surface area contributed by atoms with Crippen LogP contribution in [0.25, 0.3) is 0 Å². The fraction of sp³-hybridized carbons (Fsp3) is 0.857. The number of nitrogens with one attached hydrogen (secondary N) is 1. The molecule has 0 saturated carbocycles. The average molecular weight is 482 g/mol. The van der Waals surface area contributed by atoms with Crippen molar-refractivity contribution in [2.75, 3.05) is 19.8 Å². The first kappa shape index (κ1) is 30.6. The number of amides is 1. The van der Waals surface area contributed by atoms with Crippen LogP contribution in [-0.2, 0) is 19.1 Å². The monoisotopic (exact) mass is 481 g/mol. The van der Waals surface area contributed by atoms with E-state index in [9.17, 15) is 14.7 Å². The van der Waals surface area contributed by atoms with E-state index in [4.69, 9.17) is 9.47 Å². The normalized spacial score (nSPS) is 16.8. The zero-order chi connectivity index (χ0) is 24.7. The minimum atomic E-state index is -0.829. The number of hydrogen-bond acceptors (Lipinski definition) is 5. The number of carbonyl (C=O) groups excluding carboxylic acids is 2. The number of rotatable bonds is 23. The molecule has 0 radical (unpaired) electrons. The summed E-state index contributed by atoms with van der Waals surface area (Å²) >= 11 is 0. The van der Waals surface area contributed by atoms with Crippen molar-refractivity contribution in [1.82, 2.24) is 5.32 Å². The van der Waals surface area contributed by atoms with Crippen LogP contribution in [0.3, 0.4) is 0 Å². The number of unbranched alkanes of at least 4 members (excludes halogenated alkanes) is 14. The van der Waals surface area contributed by atoms with Crippen molar-refractivity contribution >= 4 is 11.9 Å². The van der Waals surface area contributed by atoms with Crippen LogP contribution in [-0.4, -0.2) is 48.9 Å². The molecule has 1 saturated heterocycles. The third kappa shape index (κ3) is 18.0. The molecule has 0 aromatic carbocycles. The molecule has 34 heavy (non-hydrogen) atoms. The standard InChI is InChI=1S/C28H51NO5/c1-2-3-4-5-6-7-8-9-10-11-12-13-14-15-16-17-18-19-22-33-23-25(30)24-34-28(32)26-20-21-27(31)29-26/h11-12,25-26,30H,2-10,13-24H2,1H3,(H,29,31). The number of allylic oxidation sites excluding steroid dienone is 2. The average Bonchev–Trinajstić information content (AvgIpc) is 3.27. The molecular weight excluding hydrogens is 430 g/mol. The van der Waals surface area contributed by atoms with E-state index in [0.717, 1.165) is 12.8 Å². The second-order valence-electron chi connectivity index (χ2n) is 9.66. The highest BCUT2D eigenvalue weighted by atomic mass is 16.5. The Balaban J connectivity index is 1.77.